The van der Waals surface area contributed by atoms with Crippen LogP contribution in [-0.4, -0.2) is 79.9 Å². The smallest absolute Gasteiger partial charge is 0.256 e. The van der Waals surface area contributed by atoms with Crippen LogP contribution in [-0.2, 0) is 10.0 Å². The Balaban J connectivity index is 2.00. The summed E-state index contributed by atoms with van der Waals surface area (Å²) in [5.41, 5.74) is 1.02. The first kappa shape index (κ1) is 25.4. The number of rotatable bonds is 10. The van der Waals surface area contributed by atoms with Crippen molar-refractivity contribution in [2.24, 2.45) is 9.55 Å². The van der Waals surface area contributed by atoms with Gasteiger partial charge in [0.2, 0.25) is 11.8 Å². The van der Waals surface area contributed by atoms with E-state index in [2.05, 4.69) is 35.8 Å². The zero-order valence-electron chi connectivity index (χ0n) is 17.4. The molecule has 0 saturated heterocycles. The molecule has 0 saturated carbocycles. The number of anilines is 1. The van der Waals surface area contributed by atoms with Gasteiger partial charge < -0.3 is 26.3 Å². The van der Waals surface area contributed by atoms with E-state index >= 15 is 0 Å². The second-order valence-corrected chi connectivity index (χ2v) is 9.20. The summed E-state index contributed by atoms with van der Waals surface area (Å²) in [7, 11) is -2.03. The van der Waals surface area contributed by atoms with Crippen molar-refractivity contribution in [3.63, 3.8) is 0 Å². The highest BCUT2D eigenvalue weighted by atomic mass is 32.2. The van der Waals surface area contributed by atoms with E-state index < -0.39 is 10.0 Å². The number of nitrogens with zero attached hydrogens (tertiary/aromatic N) is 4. The third-order valence-electron chi connectivity index (χ3n) is 3.84. The molecule has 0 aliphatic heterocycles. The molecule has 1 aromatic carbocycles. The molecule has 0 amide bonds. The summed E-state index contributed by atoms with van der Waals surface area (Å²) in [6.45, 7) is 1.68. The van der Waals surface area contributed by atoms with Crippen molar-refractivity contribution in [1.29, 1.82) is 0 Å². The van der Waals surface area contributed by atoms with Gasteiger partial charge in [0.1, 0.15) is 13.7 Å². The minimum atomic E-state index is -3.62. The summed E-state index contributed by atoms with van der Waals surface area (Å²) < 4.78 is 45.2. The molecule has 0 unspecified atom stereocenters. The zero-order valence-corrected chi connectivity index (χ0v) is 19.0. The molecule has 0 spiro atoms. The summed E-state index contributed by atoms with van der Waals surface area (Å²) in [5, 5.41) is 37.7. The fourth-order valence-electron chi connectivity index (χ4n) is 2.23. The van der Waals surface area contributed by atoms with Crippen LogP contribution in [0, 0.1) is 5.82 Å². The number of benzene rings is 1. The van der Waals surface area contributed by atoms with Gasteiger partial charge in [0.15, 0.2) is 10.7 Å². The number of guanidine groups is 1. The molecule has 32 heavy (non-hydrogen) atoms. The maximum absolute atomic E-state index is 13.5. The Hall–Kier alpha value is -2.85. The van der Waals surface area contributed by atoms with E-state index in [0.29, 0.717) is 21.9 Å². The number of aliphatic hydroxyl groups is 1. The normalized spacial score (nSPS) is 12.6. The van der Waals surface area contributed by atoms with Crippen LogP contribution in [0.4, 0.5) is 10.1 Å². The third-order valence-corrected chi connectivity index (χ3v) is 5.98. The number of amidine groups is 1. The summed E-state index contributed by atoms with van der Waals surface area (Å²) >= 11 is 1.20. The lowest BCUT2D eigenvalue weighted by atomic mass is 9.95. The molecule has 0 bridgehead atoms. The average molecular weight is 487 g/mol. The molecule has 0 fully saturated rings. The van der Waals surface area contributed by atoms with Gasteiger partial charge in [0.05, 0.1) is 12.4 Å². The molecular weight excluding hydrogens is 464 g/mol. The Morgan fingerprint density at radius 1 is 1.31 bits per heavy atom. The Labute approximate surface area is 189 Å². The van der Waals surface area contributed by atoms with E-state index in [1.54, 1.807) is 7.85 Å². The van der Waals surface area contributed by atoms with E-state index in [4.69, 9.17) is 9.74 Å². The summed E-state index contributed by atoms with van der Waals surface area (Å²) in [6.07, 6.45) is 0. The second kappa shape index (κ2) is 12.3. The molecular formula is C16H23BFN7O5S2. The molecule has 1 heterocycles. The number of oxime groups is 1. The molecule has 0 aliphatic carbocycles. The maximum Gasteiger partial charge on any atom is 0.256 e. The minimum absolute atomic E-state index is 0.0194. The first-order chi connectivity index (χ1) is 15.3. The number of hydrogen-bond acceptors (Lipinski definition) is 9. The predicted molar refractivity (Wildman–Crippen MR) is 122 cm³/mol. The van der Waals surface area contributed by atoms with E-state index in [1.165, 1.54) is 36.9 Å². The highest BCUT2D eigenvalue weighted by Crippen LogP contribution is 2.20. The van der Waals surface area contributed by atoms with Crippen LogP contribution in [0.2, 0.25) is 0 Å². The molecule has 12 nitrogen and oxygen atoms in total. The molecule has 2 rings (SSSR count). The summed E-state index contributed by atoms with van der Waals surface area (Å²) in [4.78, 5) is 0. The van der Waals surface area contributed by atoms with Crippen LogP contribution >= 0.6 is 11.8 Å². The van der Waals surface area contributed by atoms with Gasteiger partial charge in [-0.05, 0) is 35.4 Å². The van der Waals surface area contributed by atoms with Crippen molar-refractivity contribution in [3.8, 4) is 0 Å². The lowest BCUT2D eigenvalue weighted by molar-refractivity contribution is 0.297. The minimum Gasteiger partial charge on any atom is -0.409 e. The van der Waals surface area contributed by atoms with Gasteiger partial charge in [-0.25, -0.2) is 17.4 Å². The number of thioether (sulfide) groups is 1. The van der Waals surface area contributed by atoms with E-state index in [1.807, 2.05) is 0 Å². The quantitative estimate of drug-likeness (QED) is 0.0512. The van der Waals surface area contributed by atoms with Crippen LogP contribution in [0.5, 0.6) is 0 Å². The van der Waals surface area contributed by atoms with Crippen molar-refractivity contribution < 1.29 is 27.8 Å². The van der Waals surface area contributed by atoms with Gasteiger partial charge in [-0.3, -0.25) is 0 Å². The molecule has 1 aromatic heterocycles. The number of aromatic nitrogens is 2. The van der Waals surface area contributed by atoms with E-state index in [0.717, 1.165) is 0 Å². The van der Waals surface area contributed by atoms with Gasteiger partial charge in [0.25, 0.3) is 10.0 Å². The first-order valence-electron chi connectivity index (χ1n) is 9.41. The maximum atomic E-state index is 13.5. The van der Waals surface area contributed by atoms with Gasteiger partial charge in [-0.1, -0.05) is 22.4 Å². The van der Waals surface area contributed by atoms with E-state index in [-0.39, 0.29) is 48.8 Å². The fraction of sp³-hybridized carbons (Fsp3) is 0.375. The van der Waals surface area contributed by atoms with Crippen LogP contribution in [0.25, 0.3) is 0 Å². The van der Waals surface area contributed by atoms with Gasteiger partial charge in [0, 0.05) is 24.5 Å². The topological polar surface area (TPSA) is 174 Å². The molecule has 174 valence electrons. The average Bonchev–Trinajstić information content (AvgIpc) is 3.23. The van der Waals surface area contributed by atoms with Crippen LogP contribution in [0.15, 0.2) is 37.4 Å². The Morgan fingerprint density at radius 2 is 2.06 bits per heavy atom. The molecule has 16 heteroatoms. The van der Waals surface area contributed by atoms with E-state index in [9.17, 15) is 18.0 Å². The zero-order chi connectivity index (χ0) is 23.6. The van der Waals surface area contributed by atoms with Gasteiger partial charge in [-0.15, -0.1) is 4.40 Å². The number of sulfonamides is 1. The molecule has 0 atom stereocenters. The summed E-state index contributed by atoms with van der Waals surface area (Å²) in [5.74, 6) is -0.166. The van der Waals surface area contributed by atoms with Crippen molar-refractivity contribution in [2.45, 2.75) is 11.9 Å². The van der Waals surface area contributed by atoms with Crippen molar-refractivity contribution in [1.82, 2.24) is 20.9 Å². The number of halogens is 1. The predicted octanol–water partition coefficient (Wildman–Crippen LogP) is -1.32. The van der Waals surface area contributed by atoms with Crippen molar-refractivity contribution >= 4 is 52.6 Å². The molecule has 0 aliphatic rings. The largest absolute Gasteiger partial charge is 0.409 e. The second-order valence-electron chi connectivity index (χ2n) is 6.19. The lowest BCUT2D eigenvalue weighted by Gasteiger charge is -2.11. The molecule has 0 radical (unpaired) electrons. The number of nitrogens with one attached hydrogen (secondary N) is 3. The van der Waals surface area contributed by atoms with Crippen LogP contribution < -0.4 is 21.4 Å². The SMILES string of the molecule is Bc1cc(N/C(=N\O)c2nonc2SCCN/C(=N/S(=O)(=O)CC)NCCO)ccc1F. The summed E-state index contributed by atoms with van der Waals surface area (Å²) in [6, 6.07) is 4.29. The highest BCUT2D eigenvalue weighted by molar-refractivity contribution is 7.99. The van der Waals surface area contributed by atoms with Crippen LogP contribution in [0.1, 0.15) is 12.6 Å². The Morgan fingerprint density at radius 3 is 2.72 bits per heavy atom. The van der Waals surface area contributed by atoms with Gasteiger partial charge in [-0.2, -0.15) is 0 Å². The first-order valence-corrected chi connectivity index (χ1v) is 12.0. The standard InChI is InChI=1S/C16H23BFN7O5S2/c1-2-32(28,29)25-16(19-5-7-26)20-6-8-31-15-13(23-30-24-15)14(22-27)21-10-3-4-12(18)11(17)9-10/h3-4,9,26-27H,2,5-8,17H2,1H3,(H,21,22)(H2,19,20,25). The Kier molecular flexibility index (Phi) is 9.74. The van der Waals surface area contributed by atoms with Crippen molar-refractivity contribution in [2.75, 3.05) is 36.5 Å². The molecule has 2 aromatic rings. The number of hydrogen-bond donors (Lipinski definition) is 5. The Bertz CT molecular complexity index is 1060. The van der Waals surface area contributed by atoms with Crippen LogP contribution in [0.3, 0.4) is 0 Å². The molecule has 5 N–H and O–H groups in total. The third kappa shape index (κ3) is 7.69. The van der Waals surface area contributed by atoms with Gasteiger partial charge >= 0.3 is 0 Å². The monoisotopic (exact) mass is 487 g/mol. The highest BCUT2D eigenvalue weighted by Gasteiger charge is 2.18. The van der Waals surface area contributed by atoms with Crippen molar-refractivity contribution in [3.05, 3.63) is 29.7 Å². The number of aliphatic hydroxyl groups excluding tert-OH is 1. The fourth-order valence-corrected chi connectivity index (χ4v) is 3.52. The lowest BCUT2D eigenvalue weighted by Crippen LogP contribution is -2.40.